The zero-order chi connectivity index (χ0) is 42.0. The second-order valence-corrected chi connectivity index (χ2v) is 16.6. The lowest BCUT2D eigenvalue weighted by molar-refractivity contribution is -0.0504. The number of phosphoric acid groups is 4. The molecular formula is C20H31N10O21P5. The third-order valence-corrected chi connectivity index (χ3v) is 11.5. The van der Waals surface area contributed by atoms with E-state index in [0.29, 0.717) is 5.52 Å². The Morgan fingerprint density at radius 1 is 0.607 bits per heavy atom. The predicted octanol–water partition coefficient (Wildman–Crippen LogP) is -3.02. The lowest BCUT2D eigenvalue weighted by Crippen LogP contribution is -2.33. The number of aromatic nitrogens is 8. The number of imidazole rings is 2. The second kappa shape index (κ2) is 17.9. The summed E-state index contributed by atoms with van der Waals surface area (Å²) in [6.07, 6.45) is -6.18. The molecule has 0 saturated carbocycles. The molecule has 0 aliphatic carbocycles. The van der Waals surface area contributed by atoms with Crippen molar-refractivity contribution >= 4 is 74.4 Å². The van der Waals surface area contributed by atoms with Crippen LogP contribution in [0, 0.1) is 0 Å². The Bertz CT molecular complexity index is 2190. The fourth-order valence-electron chi connectivity index (χ4n) is 4.95. The number of aliphatic hydroxyl groups is 4. The maximum atomic E-state index is 11.8. The highest BCUT2D eigenvalue weighted by Crippen LogP contribution is 2.66. The lowest BCUT2D eigenvalue weighted by atomic mass is 10.1. The van der Waals surface area contributed by atoms with Crippen molar-refractivity contribution in [3.8, 4) is 0 Å². The van der Waals surface area contributed by atoms with Gasteiger partial charge in [-0.2, -0.15) is 8.62 Å². The Balaban J connectivity index is 0.000000247. The molecule has 4 aromatic rings. The highest BCUT2D eigenvalue weighted by atomic mass is 31.3. The van der Waals surface area contributed by atoms with Gasteiger partial charge < -0.3 is 70.7 Å². The largest absolute Gasteiger partial charge is 0.490 e. The van der Waals surface area contributed by atoms with Gasteiger partial charge in [-0.15, -0.1) is 0 Å². The van der Waals surface area contributed by atoms with E-state index >= 15 is 0 Å². The summed E-state index contributed by atoms with van der Waals surface area (Å²) in [6, 6.07) is 0. The van der Waals surface area contributed by atoms with E-state index in [2.05, 4.69) is 47.6 Å². The number of hydrogen-bond donors (Lipinski definition) is 12. The molecule has 312 valence electrons. The van der Waals surface area contributed by atoms with Crippen molar-refractivity contribution < 1.29 is 99.8 Å². The van der Waals surface area contributed by atoms with Gasteiger partial charge in [0.2, 0.25) is 0 Å². The SMILES string of the molecule is Nc1ncnc2c1ncn2[C@@H]1O[C@H](COP(=O)(O)O)[C@@H](O)[C@H]1O.Nc1ncnc2c1ncn2[C@@H]1O[C@H](COP(=O)(O)OP(=O)(O)OP(=O)(O)O)[C@@H](O)[C@H]1O.O=P. The summed E-state index contributed by atoms with van der Waals surface area (Å²) in [7, 11) is -19.7. The first kappa shape index (κ1) is 45.8. The van der Waals surface area contributed by atoms with Crippen molar-refractivity contribution in [2.45, 2.75) is 49.1 Å². The highest BCUT2D eigenvalue weighted by Gasteiger charge is 2.47. The smallest absolute Gasteiger partial charge is 0.387 e. The van der Waals surface area contributed by atoms with Crippen molar-refractivity contribution in [2.75, 3.05) is 24.7 Å². The van der Waals surface area contributed by atoms with Gasteiger partial charge in [-0.3, -0.25) is 22.7 Å². The number of nitrogens with zero attached hydrogens (tertiary/aromatic N) is 8. The van der Waals surface area contributed by atoms with Gasteiger partial charge in [-0.05, 0) is 0 Å². The molecule has 14 N–H and O–H groups in total. The van der Waals surface area contributed by atoms with Crippen LogP contribution in [0.15, 0.2) is 25.3 Å². The maximum absolute atomic E-state index is 11.8. The van der Waals surface area contributed by atoms with Gasteiger partial charge in [0.15, 0.2) is 35.4 Å². The zero-order valence-corrected chi connectivity index (χ0v) is 31.9. The number of nitrogen functional groups attached to an aromatic ring is 2. The van der Waals surface area contributed by atoms with Crippen LogP contribution in [0.3, 0.4) is 0 Å². The summed E-state index contributed by atoms with van der Waals surface area (Å²) < 4.78 is 81.7. The number of hydrogen-bond acceptors (Lipinski definition) is 23. The summed E-state index contributed by atoms with van der Waals surface area (Å²) in [4.78, 5) is 76.4. The molecule has 6 rings (SSSR count). The van der Waals surface area contributed by atoms with E-state index in [4.69, 9.17) is 50.0 Å². The standard InChI is InChI=1S/C10H16N5O13P3.C10H14N5O7P.HOP/c11-8-5-9(13-2-12-8)15(3-14-5)10-7(17)6(16)4(26-10)1-25-30(21,22)28-31(23,24)27-29(18,19)20;11-8-5-9(13-2-12-8)15(3-14-5)10-7(17)6(16)4(22-10)1-21-23(18,19)20;1-2/h2-4,6-7,10,16-17H,1H2,(H,21,22)(H,23,24)(H2,11,12,13)(H2,18,19,20);2-4,6-7,10,16-17H,1H2,(H2,11,12,13)(H2,18,19,20);2H/t2*4-,6-,7-,10-;/m11./s1. The van der Waals surface area contributed by atoms with Gasteiger partial charge in [0.25, 0.3) is 0 Å². The maximum Gasteiger partial charge on any atom is 0.490 e. The normalized spacial score (nSPS) is 27.5. The molecule has 2 aliphatic heterocycles. The average Bonchev–Trinajstić information content (AvgIpc) is 3.85. The molecular weight excluding hydrogens is 871 g/mol. The van der Waals surface area contributed by atoms with E-state index in [9.17, 15) is 43.6 Å². The number of ether oxygens (including phenoxy) is 2. The summed E-state index contributed by atoms with van der Waals surface area (Å²) in [5.74, 6) is 0.184. The average molecular weight is 902 g/mol. The fourth-order valence-corrected chi connectivity index (χ4v) is 8.32. The number of phosphoric ester groups is 2. The van der Waals surface area contributed by atoms with Crippen molar-refractivity contribution in [2.24, 2.45) is 0 Å². The van der Waals surface area contributed by atoms with Crippen molar-refractivity contribution in [3.63, 3.8) is 0 Å². The zero-order valence-electron chi connectivity index (χ0n) is 27.3. The second-order valence-electron chi connectivity index (χ2n) is 10.9. The van der Waals surface area contributed by atoms with Gasteiger partial charge in [-0.25, -0.2) is 48.2 Å². The summed E-state index contributed by atoms with van der Waals surface area (Å²) in [6.45, 7) is -1.55. The van der Waals surface area contributed by atoms with Crippen molar-refractivity contribution in [3.05, 3.63) is 25.3 Å². The molecule has 0 bridgehead atoms. The highest BCUT2D eigenvalue weighted by molar-refractivity contribution is 7.66. The van der Waals surface area contributed by atoms with E-state index in [1.807, 2.05) is 0 Å². The van der Waals surface area contributed by atoms with Crippen LogP contribution in [0.2, 0.25) is 0 Å². The molecule has 2 unspecified atom stereocenters. The Hall–Kier alpha value is -2.92. The van der Waals surface area contributed by atoms with Crippen LogP contribution in [0.25, 0.3) is 22.3 Å². The molecule has 36 heteroatoms. The van der Waals surface area contributed by atoms with E-state index in [1.165, 1.54) is 28.1 Å². The Morgan fingerprint density at radius 3 is 1.41 bits per heavy atom. The minimum atomic E-state index is -5.70. The molecule has 56 heavy (non-hydrogen) atoms. The molecule has 31 nitrogen and oxygen atoms in total. The van der Waals surface area contributed by atoms with Crippen LogP contribution in [0.5, 0.6) is 0 Å². The quantitative estimate of drug-likeness (QED) is 0.0630. The van der Waals surface area contributed by atoms with Crippen LogP contribution in [-0.2, 0) is 50.0 Å². The number of aliphatic hydroxyl groups excluding tert-OH is 4. The van der Waals surface area contributed by atoms with Crippen molar-refractivity contribution in [1.29, 1.82) is 0 Å². The first-order chi connectivity index (χ1) is 26.0. The van der Waals surface area contributed by atoms with Crippen LogP contribution >= 0.6 is 40.4 Å². The molecule has 0 spiro atoms. The predicted molar refractivity (Wildman–Crippen MR) is 178 cm³/mol. The molecule has 4 aromatic heterocycles. The van der Waals surface area contributed by atoms with E-state index in [-0.39, 0.29) is 28.4 Å². The summed E-state index contributed by atoms with van der Waals surface area (Å²) in [5, 5.41) is 40.5. The summed E-state index contributed by atoms with van der Waals surface area (Å²) >= 11 is 0. The van der Waals surface area contributed by atoms with Gasteiger partial charge in [0.05, 0.1) is 25.9 Å². The Labute approximate surface area is 312 Å². The number of anilines is 2. The monoisotopic (exact) mass is 902 g/mol. The number of nitrogens with two attached hydrogens (primary N) is 2. The molecule has 2 aliphatic rings. The molecule has 10 atom stereocenters. The van der Waals surface area contributed by atoms with Crippen LogP contribution in [0.4, 0.5) is 11.6 Å². The van der Waals surface area contributed by atoms with Crippen molar-refractivity contribution in [1.82, 2.24) is 39.0 Å². The number of rotatable bonds is 12. The third kappa shape index (κ3) is 11.2. The van der Waals surface area contributed by atoms with Gasteiger partial charge >= 0.3 is 31.3 Å². The topological polar surface area (TPSA) is 482 Å². The Morgan fingerprint density at radius 2 is 1.02 bits per heavy atom. The van der Waals surface area contributed by atoms with Crippen LogP contribution in [-0.4, -0.2) is 139 Å². The molecule has 0 radical (unpaired) electrons. The first-order valence-corrected chi connectivity index (χ1v) is 21.0. The van der Waals surface area contributed by atoms with E-state index in [0.717, 1.165) is 6.33 Å². The Kier molecular flexibility index (Phi) is 14.6. The minimum absolute atomic E-state index is 0.0426. The first-order valence-electron chi connectivity index (χ1n) is 14.5. The van der Waals surface area contributed by atoms with Crippen LogP contribution < -0.4 is 11.5 Å². The van der Waals surface area contributed by atoms with Crippen LogP contribution in [0.1, 0.15) is 12.5 Å². The molecule has 6 heterocycles. The molecule has 2 fully saturated rings. The molecule has 0 aromatic carbocycles. The third-order valence-electron chi connectivity index (χ3n) is 7.22. The molecule has 0 amide bonds. The lowest BCUT2D eigenvalue weighted by Gasteiger charge is -2.19. The van der Waals surface area contributed by atoms with Gasteiger partial charge in [0, 0.05) is 0 Å². The number of fused-ring (bicyclic) bond motifs is 2. The van der Waals surface area contributed by atoms with E-state index in [1.54, 1.807) is 9.12 Å². The minimum Gasteiger partial charge on any atom is -0.387 e. The van der Waals surface area contributed by atoms with Gasteiger partial charge in [-0.1, -0.05) is 0 Å². The van der Waals surface area contributed by atoms with E-state index < -0.39 is 93.6 Å². The summed E-state index contributed by atoms with van der Waals surface area (Å²) in [5.41, 5.74) is 12.3. The van der Waals surface area contributed by atoms with Gasteiger partial charge in [0.1, 0.15) is 69.4 Å². The molecule has 2 saturated heterocycles. The fraction of sp³-hybridized carbons (Fsp3) is 0.500.